The summed E-state index contributed by atoms with van der Waals surface area (Å²) in [6.07, 6.45) is 4.83. The van der Waals surface area contributed by atoms with E-state index in [0.29, 0.717) is 0 Å². The van der Waals surface area contributed by atoms with Crippen LogP contribution in [0.25, 0.3) is 0 Å². The first-order chi connectivity index (χ1) is 6.61. The lowest BCUT2D eigenvalue weighted by Gasteiger charge is -2.25. The molecule has 0 aliphatic rings. The van der Waals surface area contributed by atoms with Crippen LogP contribution in [-0.4, -0.2) is 21.5 Å². The van der Waals surface area contributed by atoms with Crippen molar-refractivity contribution in [2.24, 2.45) is 12.5 Å². The number of rotatable bonds is 5. The van der Waals surface area contributed by atoms with Crippen LogP contribution < -0.4 is 0 Å². The Kier molecular flexibility index (Phi) is 3.69. The fourth-order valence-corrected chi connectivity index (χ4v) is 1.44. The van der Waals surface area contributed by atoms with E-state index in [1.54, 1.807) is 0 Å². The molecule has 0 spiro atoms. The van der Waals surface area contributed by atoms with Gasteiger partial charge in [0, 0.05) is 25.5 Å². The molecule has 1 atom stereocenters. The highest BCUT2D eigenvalue weighted by Crippen LogP contribution is 2.26. The van der Waals surface area contributed by atoms with Crippen LogP contribution in [0.15, 0.2) is 12.3 Å². The lowest BCUT2D eigenvalue weighted by atomic mass is 9.83. The summed E-state index contributed by atoms with van der Waals surface area (Å²) in [4.78, 5) is 0. The van der Waals surface area contributed by atoms with E-state index in [2.05, 4.69) is 18.9 Å². The summed E-state index contributed by atoms with van der Waals surface area (Å²) in [5.74, 6) is 0. The number of aryl methyl sites for hydroxylation is 2. The third-order valence-corrected chi connectivity index (χ3v) is 3.14. The maximum absolute atomic E-state index is 9.26. The van der Waals surface area contributed by atoms with Crippen molar-refractivity contribution >= 4 is 0 Å². The normalized spacial score (nSPS) is 15.4. The molecule has 0 saturated carbocycles. The average Bonchev–Trinajstić information content (AvgIpc) is 2.61. The monoisotopic (exact) mass is 196 g/mol. The first kappa shape index (κ1) is 11.2. The van der Waals surface area contributed by atoms with Crippen molar-refractivity contribution in [2.45, 2.75) is 33.1 Å². The van der Waals surface area contributed by atoms with Gasteiger partial charge in [-0.25, -0.2) is 0 Å². The van der Waals surface area contributed by atoms with Crippen molar-refractivity contribution in [1.82, 2.24) is 9.78 Å². The van der Waals surface area contributed by atoms with Gasteiger partial charge in [0.15, 0.2) is 0 Å². The molecule has 0 saturated heterocycles. The quantitative estimate of drug-likeness (QED) is 0.779. The Labute approximate surface area is 85.8 Å². The zero-order valence-corrected chi connectivity index (χ0v) is 9.32. The van der Waals surface area contributed by atoms with Gasteiger partial charge in [0.1, 0.15) is 0 Å². The van der Waals surface area contributed by atoms with Crippen molar-refractivity contribution in [2.75, 3.05) is 6.61 Å². The summed E-state index contributed by atoms with van der Waals surface area (Å²) in [5.41, 5.74) is 1.29. The van der Waals surface area contributed by atoms with Crippen LogP contribution in [0.3, 0.4) is 0 Å². The van der Waals surface area contributed by atoms with Crippen molar-refractivity contribution < 1.29 is 5.11 Å². The van der Waals surface area contributed by atoms with Crippen LogP contribution in [0.4, 0.5) is 0 Å². The van der Waals surface area contributed by atoms with Crippen LogP contribution >= 0.6 is 0 Å². The highest BCUT2D eigenvalue weighted by Gasteiger charge is 2.20. The first-order valence-electron chi connectivity index (χ1n) is 5.19. The predicted molar refractivity (Wildman–Crippen MR) is 57.0 cm³/mol. The van der Waals surface area contributed by atoms with Gasteiger partial charge >= 0.3 is 0 Å². The molecule has 1 rings (SSSR count). The van der Waals surface area contributed by atoms with E-state index >= 15 is 0 Å². The predicted octanol–water partition coefficient (Wildman–Crippen LogP) is 1.76. The van der Waals surface area contributed by atoms with E-state index in [1.807, 2.05) is 24.0 Å². The Hall–Kier alpha value is -0.830. The fourth-order valence-electron chi connectivity index (χ4n) is 1.44. The van der Waals surface area contributed by atoms with Gasteiger partial charge in [0.2, 0.25) is 0 Å². The van der Waals surface area contributed by atoms with Gasteiger partial charge in [0.05, 0.1) is 0 Å². The number of aliphatic hydroxyl groups excluding tert-OH is 1. The van der Waals surface area contributed by atoms with E-state index < -0.39 is 0 Å². The molecule has 1 unspecified atom stereocenters. The molecule has 3 nitrogen and oxygen atoms in total. The molecule has 0 aromatic carbocycles. The zero-order valence-electron chi connectivity index (χ0n) is 9.32. The van der Waals surface area contributed by atoms with Crippen molar-refractivity contribution in [3.05, 3.63) is 18.0 Å². The highest BCUT2D eigenvalue weighted by atomic mass is 16.3. The number of aliphatic hydroxyl groups is 1. The lowest BCUT2D eigenvalue weighted by molar-refractivity contribution is 0.128. The molecular weight excluding hydrogens is 176 g/mol. The summed E-state index contributed by atoms with van der Waals surface area (Å²) in [6, 6.07) is 2.04. The number of hydrogen-bond acceptors (Lipinski definition) is 2. The molecule has 0 aliphatic carbocycles. The van der Waals surface area contributed by atoms with Crippen LogP contribution in [0, 0.1) is 5.41 Å². The first-order valence-corrected chi connectivity index (χ1v) is 5.19. The van der Waals surface area contributed by atoms with Crippen molar-refractivity contribution in [3.63, 3.8) is 0 Å². The second-order valence-electron chi connectivity index (χ2n) is 4.27. The van der Waals surface area contributed by atoms with Gasteiger partial charge in [0.25, 0.3) is 0 Å². The minimum Gasteiger partial charge on any atom is -0.396 e. The topological polar surface area (TPSA) is 38.1 Å². The maximum Gasteiger partial charge on any atom is 0.0492 e. The molecule has 0 bridgehead atoms. The van der Waals surface area contributed by atoms with E-state index in [0.717, 1.165) is 19.3 Å². The molecule has 80 valence electrons. The lowest BCUT2D eigenvalue weighted by Crippen LogP contribution is -2.21. The Balaban J connectivity index is 2.52. The largest absolute Gasteiger partial charge is 0.396 e. The number of hydrogen-bond donors (Lipinski definition) is 1. The smallest absolute Gasteiger partial charge is 0.0492 e. The maximum atomic E-state index is 9.26. The SMILES string of the molecule is CCC(C)(CO)CCc1ccnn1C. The average molecular weight is 196 g/mol. The van der Waals surface area contributed by atoms with E-state index in [4.69, 9.17) is 0 Å². The summed E-state index contributed by atoms with van der Waals surface area (Å²) >= 11 is 0. The van der Waals surface area contributed by atoms with Gasteiger partial charge in [-0.05, 0) is 30.7 Å². The van der Waals surface area contributed by atoms with Gasteiger partial charge < -0.3 is 5.11 Å². The van der Waals surface area contributed by atoms with Crippen LogP contribution in [0.1, 0.15) is 32.4 Å². The van der Waals surface area contributed by atoms with Crippen LogP contribution in [0.2, 0.25) is 0 Å². The number of aromatic nitrogens is 2. The summed E-state index contributed by atoms with van der Waals surface area (Å²) in [7, 11) is 1.96. The summed E-state index contributed by atoms with van der Waals surface area (Å²) < 4.78 is 1.90. The summed E-state index contributed by atoms with van der Waals surface area (Å²) in [6.45, 7) is 4.52. The van der Waals surface area contributed by atoms with E-state index in [-0.39, 0.29) is 12.0 Å². The Bertz CT molecular complexity index is 277. The van der Waals surface area contributed by atoms with Crippen LogP contribution in [0.5, 0.6) is 0 Å². The number of nitrogens with zero attached hydrogens (tertiary/aromatic N) is 2. The van der Waals surface area contributed by atoms with E-state index in [9.17, 15) is 5.11 Å². The Morgan fingerprint density at radius 1 is 1.57 bits per heavy atom. The third kappa shape index (κ3) is 2.58. The van der Waals surface area contributed by atoms with Gasteiger partial charge in [-0.15, -0.1) is 0 Å². The molecule has 14 heavy (non-hydrogen) atoms. The molecule has 1 aromatic heterocycles. The molecule has 0 radical (unpaired) electrons. The molecule has 0 amide bonds. The van der Waals surface area contributed by atoms with Gasteiger partial charge in [-0.3, -0.25) is 4.68 Å². The second-order valence-corrected chi connectivity index (χ2v) is 4.27. The Morgan fingerprint density at radius 3 is 2.71 bits per heavy atom. The Morgan fingerprint density at radius 2 is 2.29 bits per heavy atom. The standard InChI is InChI=1S/C11H20N2O/c1-4-11(2,9-14)7-5-10-6-8-12-13(10)3/h6,8,14H,4-5,7,9H2,1-3H3. The van der Waals surface area contributed by atoms with Crippen LogP contribution in [-0.2, 0) is 13.5 Å². The molecule has 1 aromatic rings. The molecule has 1 N–H and O–H groups in total. The van der Waals surface area contributed by atoms with E-state index in [1.165, 1.54) is 5.69 Å². The van der Waals surface area contributed by atoms with Gasteiger partial charge in [-0.1, -0.05) is 13.8 Å². The van der Waals surface area contributed by atoms with Gasteiger partial charge in [-0.2, -0.15) is 5.10 Å². The molecule has 0 aliphatic heterocycles. The molecule has 3 heteroatoms. The molecule has 0 fully saturated rings. The molecule has 1 heterocycles. The van der Waals surface area contributed by atoms with Crippen molar-refractivity contribution in [1.29, 1.82) is 0 Å². The minimum absolute atomic E-state index is 0.0598. The third-order valence-electron chi connectivity index (χ3n) is 3.14. The zero-order chi connectivity index (χ0) is 10.6. The highest BCUT2D eigenvalue weighted by molar-refractivity contribution is 5.00. The second kappa shape index (κ2) is 4.60. The summed E-state index contributed by atoms with van der Waals surface area (Å²) in [5, 5.41) is 13.4. The molecular formula is C11H20N2O. The fraction of sp³-hybridized carbons (Fsp3) is 0.727. The minimum atomic E-state index is 0.0598. The van der Waals surface area contributed by atoms with Crippen molar-refractivity contribution in [3.8, 4) is 0 Å².